The normalized spacial score (nSPS) is 11.4. The molecular formula is C21H19ClN4O5S. The molecule has 0 aliphatic carbocycles. The van der Waals surface area contributed by atoms with Crippen LogP contribution in [0.4, 0.5) is 5.69 Å². The minimum Gasteiger partial charge on any atom is -0.459 e. The van der Waals surface area contributed by atoms with Gasteiger partial charge in [0.15, 0.2) is 0 Å². The number of nitrogens with one attached hydrogen (secondary N) is 3. The highest BCUT2D eigenvalue weighted by Crippen LogP contribution is 2.13. The van der Waals surface area contributed by atoms with Crippen molar-refractivity contribution in [3.63, 3.8) is 0 Å². The third kappa shape index (κ3) is 6.51. The van der Waals surface area contributed by atoms with Gasteiger partial charge in [0.25, 0.3) is 0 Å². The van der Waals surface area contributed by atoms with Crippen LogP contribution in [0, 0.1) is 6.92 Å². The Kier molecular flexibility index (Phi) is 7.41. The van der Waals surface area contributed by atoms with Gasteiger partial charge in [-0.15, -0.1) is 0 Å². The maximum Gasteiger partial charge on any atom is 0.329 e. The summed E-state index contributed by atoms with van der Waals surface area (Å²) in [5.74, 6) is -1.29. The van der Waals surface area contributed by atoms with E-state index < -0.39 is 21.8 Å². The van der Waals surface area contributed by atoms with Gasteiger partial charge >= 0.3 is 11.8 Å². The van der Waals surface area contributed by atoms with Crippen LogP contribution in [0.3, 0.4) is 0 Å². The van der Waals surface area contributed by atoms with Crippen LogP contribution in [0.1, 0.15) is 17.1 Å². The minimum atomic E-state index is -3.68. The fraction of sp³-hybridized carbons (Fsp3) is 0.0952. The lowest BCUT2D eigenvalue weighted by molar-refractivity contribution is -0.136. The second-order valence-corrected chi connectivity index (χ2v) is 8.81. The molecule has 0 saturated heterocycles. The Morgan fingerprint density at radius 1 is 1.00 bits per heavy atom. The highest BCUT2D eigenvalue weighted by atomic mass is 35.5. The summed E-state index contributed by atoms with van der Waals surface area (Å²) in [6.45, 7) is 1.80. The van der Waals surface area contributed by atoms with Crippen molar-refractivity contribution in [2.45, 2.75) is 18.4 Å². The van der Waals surface area contributed by atoms with Gasteiger partial charge in [-0.1, -0.05) is 29.3 Å². The lowest BCUT2D eigenvalue weighted by Gasteiger charge is -2.05. The third-order valence-electron chi connectivity index (χ3n) is 4.12. The largest absolute Gasteiger partial charge is 0.459 e. The van der Waals surface area contributed by atoms with E-state index >= 15 is 0 Å². The molecule has 0 spiro atoms. The zero-order chi connectivity index (χ0) is 23.1. The standard InChI is InChI=1S/C21H19ClN4O5S/c1-14-2-10-19(11-3-14)32(29,30)24-13-18-9-8-17(31-18)12-23-26-21(28)20(27)25-16-6-4-15(22)5-7-16/h2-12,24H,13H2,1H3,(H,25,27)(H,26,28)/b23-12+. The second-order valence-electron chi connectivity index (χ2n) is 6.60. The van der Waals surface area contributed by atoms with Crippen molar-refractivity contribution in [1.82, 2.24) is 10.1 Å². The van der Waals surface area contributed by atoms with Crippen molar-refractivity contribution in [2.75, 3.05) is 5.32 Å². The van der Waals surface area contributed by atoms with Gasteiger partial charge in [-0.25, -0.2) is 18.6 Å². The van der Waals surface area contributed by atoms with Crippen LogP contribution in [-0.4, -0.2) is 26.4 Å². The highest BCUT2D eigenvalue weighted by molar-refractivity contribution is 7.89. The molecule has 0 saturated carbocycles. The summed E-state index contributed by atoms with van der Waals surface area (Å²) in [5, 5.41) is 6.55. The third-order valence-corrected chi connectivity index (χ3v) is 5.79. The molecule has 3 rings (SSSR count). The summed E-state index contributed by atoms with van der Waals surface area (Å²) in [7, 11) is -3.68. The molecule has 9 nitrogen and oxygen atoms in total. The number of carbonyl (C=O) groups is 2. The summed E-state index contributed by atoms with van der Waals surface area (Å²) < 4.78 is 32.5. The Morgan fingerprint density at radius 2 is 1.69 bits per heavy atom. The van der Waals surface area contributed by atoms with Gasteiger partial charge in [-0.3, -0.25) is 9.59 Å². The van der Waals surface area contributed by atoms with Gasteiger partial charge < -0.3 is 9.73 Å². The van der Waals surface area contributed by atoms with E-state index in [-0.39, 0.29) is 17.2 Å². The number of hydrazone groups is 1. The maximum atomic E-state index is 12.3. The number of anilines is 1. The minimum absolute atomic E-state index is 0.0695. The molecular weight excluding hydrogens is 456 g/mol. The van der Waals surface area contributed by atoms with Crippen LogP contribution in [0.15, 0.2) is 75.1 Å². The average molecular weight is 475 g/mol. The van der Waals surface area contributed by atoms with Crippen LogP contribution in [0.25, 0.3) is 0 Å². The number of hydrogen-bond donors (Lipinski definition) is 3. The molecule has 11 heteroatoms. The second kappa shape index (κ2) is 10.2. The Labute approximate surface area is 189 Å². The number of sulfonamides is 1. The smallest absolute Gasteiger partial charge is 0.329 e. The van der Waals surface area contributed by atoms with Crippen molar-refractivity contribution in [1.29, 1.82) is 0 Å². The molecule has 0 aliphatic heterocycles. The van der Waals surface area contributed by atoms with Gasteiger partial charge in [0.2, 0.25) is 10.0 Å². The van der Waals surface area contributed by atoms with E-state index in [9.17, 15) is 18.0 Å². The number of furan rings is 1. The van der Waals surface area contributed by atoms with Crippen molar-refractivity contribution < 1.29 is 22.4 Å². The maximum absolute atomic E-state index is 12.3. The predicted molar refractivity (Wildman–Crippen MR) is 120 cm³/mol. The van der Waals surface area contributed by atoms with Crippen molar-refractivity contribution in [2.24, 2.45) is 5.10 Å². The number of rotatable bonds is 7. The summed E-state index contributed by atoms with van der Waals surface area (Å²) in [6, 6.07) is 15.8. The van der Waals surface area contributed by atoms with Crippen molar-refractivity contribution in [3.8, 4) is 0 Å². The SMILES string of the molecule is Cc1ccc(S(=O)(=O)NCc2ccc(/C=N/NC(=O)C(=O)Nc3ccc(Cl)cc3)o2)cc1. The molecule has 0 aliphatic rings. The molecule has 2 amide bonds. The van der Waals surface area contributed by atoms with Gasteiger partial charge in [-0.2, -0.15) is 5.10 Å². The molecule has 1 aromatic heterocycles. The Hall–Kier alpha value is -3.47. The number of benzene rings is 2. The lowest BCUT2D eigenvalue weighted by atomic mass is 10.2. The van der Waals surface area contributed by atoms with Gasteiger partial charge in [-0.05, 0) is 55.5 Å². The fourth-order valence-electron chi connectivity index (χ4n) is 2.45. The molecule has 3 N–H and O–H groups in total. The molecule has 32 heavy (non-hydrogen) atoms. The fourth-order valence-corrected chi connectivity index (χ4v) is 3.57. The topological polar surface area (TPSA) is 130 Å². The first kappa shape index (κ1) is 23.2. The predicted octanol–water partition coefficient (Wildman–Crippen LogP) is 2.81. The van der Waals surface area contributed by atoms with Crippen LogP contribution in [0.2, 0.25) is 5.02 Å². The van der Waals surface area contributed by atoms with E-state index in [4.69, 9.17) is 16.0 Å². The molecule has 0 bridgehead atoms. The molecule has 0 unspecified atom stereocenters. The van der Waals surface area contributed by atoms with E-state index in [2.05, 4.69) is 20.6 Å². The first-order chi connectivity index (χ1) is 15.2. The summed E-state index contributed by atoms with van der Waals surface area (Å²) in [4.78, 5) is 23.8. The van der Waals surface area contributed by atoms with Gasteiger partial charge in [0.05, 0.1) is 17.7 Å². The van der Waals surface area contributed by atoms with Crippen LogP contribution in [0.5, 0.6) is 0 Å². The highest BCUT2D eigenvalue weighted by Gasteiger charge is 2.15. The van der Waals surface area contributed by atoms with Crippen LogP contribution in [-0.2, 0) is 26.2 Å². The Morgan fingerprint density at radius 3 is 2.38 bits per heavy atom. The molecule has 0 fully saturated rings. The number of hydrogen-bond acceptors (Lipinski definition) is 6. The van der Waals surface area contributed by atoms with Crippen molar-refractivity contribution in [3.05, 3.63) is 82.8 Å². The number of aryl methyl sites for hydroxylation is 1. The lowest BCUT2D eigenvalue weighted by Crippen LogP contribution is -2.32. The van der Waals surface area contributed by atoms with E-state index in [0.29, 0.717) is 16.5 Å². The molecule has 3 aromatic rings. The molecule has 2 aromatic carbocycles. The van der Waals surface area contributed by atoms with Crippen LogP contribution >= 0.6 is 11.6 Å². The summed E-state index contributed by atoms with van der Waals surface area (Å²) >= 11 is 5.76. The number of amides is 2. The molecule has 166 valence electrons. The Bertz CT molecular complexity index is 1240. The van der Waals surface area contributed by atoms with Crippen molar-refractivity contribution >= 4 is 45.3 Å². The first-order valence-corrected chi connectivity index (χ1v) is 11.1. The van der Waals surface area contributed by atoms with E-state index in [0.717, 1.165) is 5.56 Å². The zero-order valence-electron chi connectivity index (χ0n) is 16.8. The zero-order valence-corrected chi connectivity index (χ0v) is 18.4. The quantitative estimate of drug-likeness (QED) is 0.275. The monoisotopic (exact) mass is 474 g/mol. The van der Waals surface area contributed by atoms with Gasteiger partial charge in [0.1, 0.15) is 11.5 Å². The average Bonchev–Trinajstić information content (AvgIpc) is 3.22. The van der Waals surface area contributed by atoms with Gasteiger partial charge in [0, 0.05) is 10.7 Å². The summed E-state index contributed by atoms with van der Waals surface area (Å²) in [6.07, 6.45) is 1.19. The number of nitrogens with zero attached hydrogens (tertiary/aromatic N) is 1. The molecule has 0 atom stereocenters. The number of halogens is 1. The van der Waals surface area contributed by atoms with E-state index in [1.807, 2.05) is 6.92 Å². The molecule has 1 heterocycles. The molecule has 0 radical (unpaired) electrons. The first-order valence-electron chi connectivity index (χ1n) is 9.28. The summed E-state index contributed by atoms with van der Waals surface area (Å²) in [5.41, 5.74) is 3.43. The number of carbonyl (C=O) groups excluding carboxylic acids is 2. The Balaban J connectivity index is 1.49. The van der Waals surface area contributed by atoms with E-state index in [1.54, 1.807) is 48.5 Å². The van der Waals surface area contributed by atoms with E-state index in [1.165, 1.54) is 18.3 Å². The van der Waals surface area contributed by atoms with Crippen LogP contribution < -0.4 is 15.5 Å².